The number of primary amides is 1. The number of rotatable bonds is 5. The van der Waals surface area contributed by atoms with E-state index in [-0.39, 0.29) is 28.0 Å². The lowest BCUT2D eigenvalue weighted by molar-refractivity contribution is -0.138. The van der Waals surface area contributed by atoms with Crippen molar-refractivity contribution >= 4 is 17.7 Å². The molecule has 0 saturated carbocycles. The molecule has 0 aliphatic rings. The summed E-state index contributed by atoms with van der Waals surface area (Å²) in [7, 11) is 0. The lowest BCUT2D eigenvalue weighted by atomic mass is 10.0. The summed E-state index contributed by atoms with van der Waals surface area (Å²) in [6.45, 7) is 0. The van der Waals surface area contributed by atoms with Crippen LogP contribution in [-0.4, -0.2) is 25.7 Å². The van der Waals surface area contributed by atoms with Crippen LogP contribution in [0, 0.1) is 5.82 Å². The summed E-state index contributed by atoms with van der Waals surface area (Å²) in [5, 5.41) is 4.08. The number of nitrogens with zero attached hydrogens (tertiary/aromatic N) is 4. The summed E-state index contributed by atoms with van der Waals surface area (Å²) in [5.41, 5.74) is 2.55. The second-order valence-electron chi connectivity index (χ2n) is 7.64. The lowest BCUT2D eigenvalue weighted by Gasteiger charge is -2.09. The Bertz CT molecular complexity index is 1460. The maximum Gasteiger partial charge on any atom is 0.416 e. The van der Waals surface area contributed by atoms with Crippen molar-refractivity contribution in [2.24, 2.45) is 5.73 Å². The van der Waals surface area contributed by atoms with E-state index in [2.05, 4.69) is 15.1 Å². The molecule has 0 bridgehead atoms. The summed E-state index contributed by atoms with van der Waals surface area (Å²) in [6, 6.07) is 6.92. The quantitative estimate of drug-likeness (QED) is 0.271. The van der Waals surface area contributed by atoms with Crippen LogP contribution in [0.5, 0.6) is 0 Å². The van der Waals surface area contributed by atoms with E-state index in [1.54, 1.807) is 0 Å². The zero-order valence-corrected chi connectivity index (χ0v) is 18.3. The van der Waals surface area contributed by atoms with E-state index in [1.807, 2.05) is 0 Å². The number of halogens is 7. The van der Waals surface area contributed by atoms with Crippen LogP contribution >= 0.6 is 0 Å². The van der Waals surface area contributed by atoms with Gasteiger partial charge in [-0.2, -0.15) is 31.4 Å². The number of nitrogens with two attached hydrogens (primary N) is 1. The molecule has 4 rings (SSSR count). The largest absolute Gasteiger partial charge is 0.416 e. The number of benzene rings is 2. The van der Waals surface area contributed by atoms with Crippen molar-refractivity contribution in [2.75, 3.05) is 0 Å². The number of hydrogen-bond acceptors (Lipinski definition) is 4. The van der Waals surface area contributed by atoms with Crippen LogP contribution in [0.3, 0.4) is 0 Å². The van der Waals surface area contributed by atoms with Gasteiger partial charge in [-0.15, -0.1) is 0 Å². The van der Waals surface area contributed by atoms with E-state index >= 15 is 4.39 Å². The van der Waals surface area contributed by atoms with Gasteiger partial charge in [0, 0.05) is 35.3 Å². The Hall–Kier alpha value is -4.55. The zero-order valence-electron chi connectivity index (χ0n) is 18.3. The summed E-state index contributed by atoms with van der Waals surface area (Å²) in [6.07, 6.45) is -4.56. The molecule has 1 amide bonds. The highest BCUT2D eigenvalue weighted by Crippen LogP contribution is 2.36. The van der Waals surface area contributed by atoms with Gasteiger partial charge in [0.2, 0.25) is 0 Å². The van der Waals surface area contributed by atoms with Gasteiger partial charge in [0.05, 0.1) is 16.7 Å². The van der Waals surface area contributed by atoms with Crippen molar-refractivity contribution in [3.05, 3.63) is 89.8 Å². The molecule has 2 aromatic heterocycles. The van der Waals surface area contributed by atoms with Crippen LogP contribution in [0.1, 0.15) is 16.7 Å². The van der Waals surface area contributed by atoms with E-state index in [1.165, 1.54) is 18.7 Å². The minimum Gasteiger partial charge on any atom is -0.366 e. The van der Waals surface area contributed by atoms with E-state index in [0.717, 1.165) is 59.4 Å². The molecule has 0 aliphatic heterocycles. The smallest absolute Gasteiger partial charge is 0.366 e. The van der Waals surface area contributed by atoms with Crippen LogP contribution in [-0.2, 0) is 17.1 Å². The normalized spacial score (nSPS) is 12.6. The molecule has 6 nitrogen and oxygen atoms in total. The molecule has 13 heteroatoms. The molecule has 0 fully saturated rings. The number of aromatic nitrogens is 4. The van der Waals surface area contributed by atoms with Gasteiger partial charge in [0.15, 0.2) is 5.82 Å². The molecule has 0 aliphatic carbocycles. The average Bonchev–Trinajstić information content (AvgIpc) is 3.17. The second kappa shape index (κ2) is 9.48. The molecule has 2 N–H and O–H groups in total. The Balaban J connectivity index is 1.92. The second-order valence-corrected chi connectivity index (χ2v) is 7.64. The first-order valence-electron chi connectivity index (χ1n) is 10.3. The molecule has 4 aromatic rings. The van der Waals surface area contributed by atoms with Crippen molar-refractivity contribution in [1.82, 2.24) is 19.7 Å². The molecule has 2 aromatic carbocycles. The van der Waals surface area contributed by atoms with Gasteiger partial charge in [-0.05, 0) is 24.3 Å². The molecule has 37 heavy (non-hydrogen) atoms. The highest BCUT2D eigenvalue weighted by molar-refractivity contribution is 6.22. The number of carbonyl (C=O) groups is 1. The van der Waals surface area contributed by atoms with Crippen LogP contribution in [0.25, 0.3) is 34.3 Å². The molecule has 0 saturated heterocycles. The Labute approximate surface area is 203 Å². The van der Waals surface area contributed by atoms with Gasteiger partial charge in [-0.3, -0.25) is 4.79 Å². The molecule has 0 unspecified atom stereocenters. The van der Waals surface area contributed by atoms with Crippen molar-refractivity contribution in [2.45, 2.75) is 12.4 Å². The third kappa shape index (κ3) is 5.34. The molecular weight excluding hydrogens is 507 g/mol. The third-order valence-electron chi connectivity index (χ3n) is 5.21. The fraction of sp³-hybridized carbons (Fsp3) is 0.0833. The summed E-state index contributed by atoms with van der Waals surface area (Å²) < 4.78 is 94.5. The van der Waals surface area contributed by atoms with Crippen molar-refractivity contribution < 1.29 is 35.5 Å². The first kappa shape index (κ1) is 25.5. The molecule has 0 atom stereocenters. The van der Waals surface area contributed by atoms with Crippen LogP contribution in [0.2, 0.25) is 0 Å². The molecule has 190 valence electrons. The Morgan fingerprint density at radius 1 is 0.811 bits per heavy atom. The van der Waals surface area contributed by atoms with E-state index in [0.29, 0.717) is 0 Å². The van der Waals surface area contributed by atoms with Crippen molar-refractivity contribution in [3.8, 4) is 22.5 Å². The monoisotopic (exact) mass is 521 g/mol. The Kier molecular flexibility index (Phi) is 6.55. The average molecular weight is 521 g/mol. The maximum absolute atomic E-state index is 15.7. The Morgan fingerprint density at radius 2 is 1.30 bits per heavy atom. The number of alkyl halides is 6. The van der Waals surface area contributed by atoms with Crippen LogP contribution in [0.15, 0.2) is 67.3 Å². The fourth-order valence-electron chi connectivity index (χ4n) is 3.43. The van der Waals surface area contributed by atoms with Gasteiger partial charge >= 0.3 is 12.4 Å². The van der Waals surface area contributed by atoms with Gasteiger partial charge in [-0.1, -0.05) is 24.3 Å². The molecule has 2 heterocycles. The number of hydrogen-bond donors (Lipinski definition) is 1. The van der Waals surface area contributed by atoms with Gasteiger partial charge < -0.3 is 5.73 Å². The van der Waals surface area contributed by atoms with Crippen molar-refractivity contribution in [1.29, 1.82) is 0 Å². The lowest BCUT2D eigenvalue weighted by Crippen LogP contribution is -2.14. The van der Waals surface area contributed by atoms with Gasteiger partial charge in [0.1, 0.15) is 17.7 Å². The van der Waals surface area contributed by atoms with Crippen LogP contribution in [0.4, 0.5) is 30.7 Å². The highest BCUT2D eigenvalue weighted by Gasteiger charge is 2.32. The first-order valence-corrected chi connectivity index (χ1v) is 10.3. The van der Waals surface area contributed by atoms with E-state index < -0.39 is 40.9 Å². The first-order chi connectivity index (χ1) is 17.4. The standard InChI is InChI=1S/C24H14F7N5O/c25-19-20(13-1-5-16(6-2-13)23(26,27)28)35-36(11-18(22(32)37)15-9-33-12-34-10-15)21(19)14-3-7-17(8-4-14)24(29,30)31/h1-12H,(H2,32,37)/b18-11+. The number of amides is 1. The van der Waals surface area contributed by atoms with Crippen molar-refractivity contribution in [3.63, 3.8) is 0 Å². The number of carbonyl (C=O) groups excluding carboxylic acids is 1. The minimum absolute atomic E-state index is 0.0468. The molecule has 0 radical (unpaired) electrons. The predicted octanol–water partition coefficient (Wildman–Crippen LogP) is 5.67. The van der Waals surface area contributed by atoms with Gasteiger partial charge in [-0.25, -0.2) is 19.0 Å². The Morgan fingerprint density at radius 3 is 1.76 bits per heavy atom. The highest BCUT2D eigenvalue weighted by atomic mass is 19.4. The topological polar surface area (TPSA) is 86.7 Å². The summed E-state index contributed by atoms with van der Waals surface area (Å²) in [5.74, 6) is -2.02. The zero-order chi connectivity index (χ0) is 27.0. The third-order valence-corrected chi connectivity index (χ3v) is 5.21. The maximum atomic E-state index is 15.7. The van der Waals surface area contributed by atoms with E-state index in [9.17, 15) is 31.1 Å². The summed E-state index contributed by atoms with van der Waals surface area (Å²) in [4.78, 5) is 19.7. The van der Waals surface area contributed by atoms with Gasteiger partial charge in [0.25, 0.3) is 5.91 Å². The minimum atomic E-state index is -4.64. The fourth-order valence-corrected chi connectivity index (χ4v) is 3.43. The predicted molar refractivity (Wildman–Crippen MR) is 118 cm³/mol. The molecular formula is C24H14F7N5O. The SMILES string of the molecule is NC(=O)/C(=C/n1nc(-c2ccc(C(F)(F)F)cc2)c(F)c1-c1ccc(C(F)(F)F)cc1)c1cncnc1. The summed E-state index contributed by atoms with van der Waals surface area (Å²) >= 11 is 0. The van der Waals surface area contributed by atoms with Crippen LogP contribution < -0.4 is 5.73 Å². The molecule has 0 spiro atoms. The van der Waals surface area contributed by atoms with E-state index in [4.69, 9.17) is 5.73 Å².